The molecule has 1 heterocycles. The predicted octanol–water partition coefficient (Wildman–Crippen LogP) is 1.40. The number of nitrogens with zero attached hydrogens (tertiary/aromatic N) is 2. The monoisotopic (exact) mass is 410 g/mol. The highest BCUT2D eigenvalue weighted by Gasteiger charge is 2.13. The molecule has 2 rings (SSSR count). The molecule has 0 aliphatic carbocycles. The van der Waals surface area contributed by atoms with E-state index in [1.54, 1.807) is 0 Å². The molecule has 0 saturated carbocycles. The van der Waals surface area contributed by atoms with Crippen molar-refractivity contribution in [2.24, 2.45) is 4.99 Å². The fraction of sp³-hybridized carbons (Fsp3) is 0.650. The van der Waals surface area contributed by atoms with E-state index in [0.717, 1.165) is 39.4 Å². The maximum atomic E-state index is 11.4. The minimum atomic E-state index is -2.96. The molecule has 1 aromatic rings. The largest absolute Gasteiger partial charge is 0.379 e. The van der Waals surface area contributed by atoms with E-state index in [1.807, 2.05) is 19.9 Å². The highest BCUT2D eigenvalue weighted by atomic mass is 32.2. The molecular weight excluding hydrogens is 376 g/mol. The lowest BCUT2D eigenvalue weighted by molar-refractivity contribution is 0.0341. The van der Waals surface area contributed by atoms with Gasteiger partial charge in [-0.15, -0.1) is 0 Å². The highest BCUT2D eigenvalue weighted by Crippen LogP contribution is 2.14. The number of nitrogens with one attached hydrogen (secondary N) is 2. The predicted molar refractivity (Wildman–Crippen MR) is 114 cm³/mol. The number of aliphatic imine (C=N–C) groups is 1. The molecule has 7 nitrogen and oxygen atoms in total. The van der Waals surface area contributed by atoms with Gasteiger partial charge >= 0.3 is 0 Å². The summed E-state index contributed by atoms with van der Waals surface area (Å²) in [4.78, 5) is 7.13. The molecule has 8 heteroatoms. The minimum Gasteiger partial charge on any atom is -0.379 e. The molecule has 1 unspecified atom stereocenters. The van der Waals surface area contributed by atoms with Crippen LogP contribution in [0.4, 0.5) is 0 Å². The number of benzene rings is 1. The first-order valence-corrected chi connectivity index (χ1v) is 12.0. The zero-order valence-electron chi connectivity index (χ0n) is 17.3. The zero-order chi connectivity index (χ0) is 20.4. The summed E-state index contributed by atoms with van der Waals surface area (Å²) in [6.07, 6.45) is 1.82. The van der Waals surface area contributed by atoms with Crippen molar-refractivity contribution in [2.75, 3.05) is 44.9 Å². The first kappa shape index (κ1) is 22.6. The van der Waals surface area contributed by atoms with Crippen LogP contribution in [-0.2, 0) is 27.7 Å². The fourth-order valence-corrected chi connectivity index (χ4v) is 3.83. The Morgan fingerprint density at radius 2 is 1.93 bits per heavy atom. The van der Waals surface area contributed by atoms with E-state index in [-0.39, 0.29) is 11.8 Å². The Balaban J connectivity index is 1.99. The number of rotatable bonds is 9. The van der Waals surface area contributed by atoms with Crippen molar-refractivity contribution in [1.29, 1.82) is 0 Å². The van der Waals surface area contributed by atoms with Gasteiger partial charge in [0.05, 0.1) is 25.5 Å². The number of ether oxygens (including phenoxy) is 1. The Kier molecular flexibility index (Phi) is 9.21. The van der Waals surface area contributed by atoms with Crippen LogP contribution in [0.1, 0.15) is 31.4 Å². The summed E-state index contributed by atoms with van der Waals surface area (Å²) in [6, 6.07) is 8.42. The quantitative estimate of drug-likeness (QED) is 0.473. The lowest BCUT2D eigenvalue weighted by Gasteiger charge is -2.27. The van der Waals surface area contributed by atoms with Crippen LogP contribution < -0.4 is 10.6 Å². The van der Waals surface area contributed by atoms with E-state index in [9.17, 15) is 8.42 Å². The van der Waals surface area contributed by atoms with Crippen LogP contribution in [0, 0.1) is 0 Å². The van der Waals surface area contributed by atoms with Crippen LogP contribution in [0.3, 0.4) is 0 Å². The van der Waals surface area contributed by atoms with Crippen LogP contribution in [-0.4, -0.2) is 70.2 Å². The van der Waals surface area contributed by atoms with Gasteiger partial charge in [-0.25, -0.2) is 13.4 Å². The summed E-state index contributed by atoms with van der Waals surface area (Å²) in [5, 5.41) is 6.55. The number of morpholine rings is 1. The second-order valence-electron chi connectivity index (χ2n) is 7.32. The van der Waals surface area contributed by atoms with Crippen LogP contribution >= 0.6 is 0 Å². The molecule has 1 aliphatic rings. The molecule has 0 spiro atoms. The van der Waals surface area contributed by atoms with Crippen molar-refractivity contribution < 1.29 is 13.2 Å². The Bertz CT molecular complexity index is 731. The molecule has 0 bridgehead atoms. The van der Waals surface area contributed by atoms with Crippen LogP contribution in [0.2, 0.25) is 0 Å². The maximum Gasteiger partial charge on any atom is 0.191 e. The molecule has 0 amide bonds. The van der Waals surface area contributed by atoms with E-state index in [2.05, 4.69) is 33.7 Å². The normalized spacial score (nSPS) is 17.3. The minimum absolute atomic E-state index is 0.0242. The average Bonchev–Trinajstić information content (AvgIpc) is 2.66. The van der Waals surface area contributed by atoms with E-state index in [0.29, 0.717) is 18.9 Å². The Labute approximate surface area is 169 Å². The smallest absolute Gasteiger partial charge is 0.191 e. The van der Waals surface area contributed by atoms with E-state index in [4.69, 9.17) is 9.73 Å². The molecule has 1 fully saturated rings. The van der Waals surface area contributed by atoms with Gasteiger partial charge in [-0.2, -0.15) is 0 Å². The molecule has 158 valence electrons. The van der Waals surface area contributed by atoms with Crippen LogP contribution in [0.25, 0.3) is 0 Å². The van der Waals surface area contributed by atoms with Crippen molar-refractivity contribution in [3.05, 3.63) is 35.4 Å². The molecule has 1 saturated heterocycles. The number of guanidine groups is 1. The van der Waals surface area contributed by atoms with Gasteiger partial charge in [0.1, 0.15) is 9.84 Å². The van der Waals surface area contributed by atoms with E-state index < -0.39 is 9.84 Å². The zero-order valence-corrected chi connectivity index (χ0v) is 18.1. The van der Waals surface area contributed by atoms with Gasteiger partial charge in [0.2, 0.25) is 0 Å². The summed E-state index contributed by atoms with van der Waals surface area (Å²) in [5.41, 5.74) is 2.49. The first-order chi connectivity index (χ1) is 13.4. The second-order valence-corrected chi connectivity index (χ2v) is 9.58. The third-order valence-electron chi connectivity index (χ3n) is 4.67. The SMILES string of the molecule is CCNC(=NCc1ccccc1CN1CCOCC1)NC(C)CCS(C)(=O)=O. The lowest BCUT2D eigenvalue weighted by atomic mass is 10.1. The Hall–Kier alpha value is -1.64. The molecular formula is C20H34N4O3S. The molecule has 28 heavy (non-hydrogen) atoms. The fourth-order valence-electron chi connectivity index (χ4n) is 3.05. The standard InChI is InChI=1S/C20H34N4O3S/c1-4-21-20(23-17(2)9-14-28(3,25)26)22-15-18-7-5-6-8-19(18)16-24-10-12-27-13-11-24/h5-8,17H,4,9-16H2,1-3H3,(H2,21,22,23). The molecule has 0 radical (unpaired) electrons. The summed E-state index contributed by atoms with van der Waals surface area (Å²) in [6.45, 7) is 9.73. The van der Waals surface area contributed by atoms with Gasteiger partial charge < -0.3 is 15.4 Å². The summed E-state index contributed by atoms with van der Waals surface area (Å²) in [7, 11) is -2.96. The summed E-state index contributed by atoms with van der Waals surface area (Å²) in [5.74, 6) is 0.882. The molecule has 2 N–H and O–H groups in total. The van der Waals surface area contributed by atoms with E-state index >= 15 is 0 Å². The molecule has 1 aliphatic heterocycles. The molecule has 1 atom stereocenters. The van der Waals surface area contributed by atoms with Gasteiger partial charge in [-0.3, -0.25) is 4.90 Å². The third kappa shape index (κ3) is 8.58. The summed E-state index contributed by atoms with van der Waals surface area (Å²) >= 11 is 0. The number of hydrogen-bond acceptors (Lipinski definition) is 5. The van der Waals surface area contributed by atoms with Crippen molar-refractivity contribution in [2.45, 2.75) is 39.4 Å². The van der Waals surface area contributed by atoms with Crippen molar-refractivity contribution >= 4 is 15.8 Å². The Morgan fingerprint density at radius 3 is 2.57 bits per heavy atom. The topological polar surface area (TPSA) is 83.0 Å². The molecule has 0 aromatic heterocycles. The van der Waals surface area contributed by atoms with Gasteiger partial charge in [0, 0.05) is 38.5 Å². The lowest BCUT2D eigenvalue weighted by Crippen LogP contribution is -2.42. The van der Waals surface area contributed by atoms with Crippen LogP contribution in [0.15, 0.2) is 29.3 Å². The number of hydrogen-bond donors (Lipinski definition) is 2. The Morgan fingerprint density at radius 1 is 1.25 bits per heavy atom. The maximum absolute atomic E-state index is 11.4. The summed E-state index contributed by atoms with van der Waals surface area (Å²) < 4.78 is 28.2. The molecule has 1 aromatic carbocycles. The van der Waals surface area contributed by atoms with Gasteiger partial charge in [-0.1, -0.05) is 24.3 Å². The third-order valence-corrected chi connectivity index (χ3v) is 5.65. The van der Waals surface area contributed by atoms with Crippen molar-refractivity contribution in [3.8, 4) is 0 Å². The average molecular weight is 411 g/mol. The van der Waals surface area contributed by atoms with Crippen LogP contribution in [0.5, 0.6) is 0 Å². The van der Waals surface area contributed by atoms with Gasteiger partial charge in [0.25, 0.3) is 0 Å². The first-order valence-electron chi connectivity index (χ1n) is 9.97. The van der Waals surface area contributed by atoms with Gasteiger partial charge in [-0.05, 0) is 31.4 Å². The highest BCUT2D eigenvalue weighted by molar-refractivity contribution is 7.90. The van der Waals surface area contributed by atoms with E-state index in [1.165, 1.54) is 17.4 Å². The second kappa shape index (κ2) is 11.4. The van der Waals surface area contributed by atoms with Crippen molar-refractivity contribution in [3.63, 3.8) is 0 Å². The van der Waals surface area contributed by atoms with Gasteiger partial charge in [0.15, 0.2) is 5.96 Å². The number of sulfone groups is 1. The van der Waals surface area contributed by atoms with Crippen molar-refractivity contribution in [1.82, 2.24) is 15.5 Å².